The maximum absolute atomic E-state index is 11.8. The second kappa shape index (κ2) is 4.67. The molecule has 3 unspecified atom stereocenters. The number of aliphatic hydroxyl groups excluding tert-OH is 1. The van der Waals surface area contributed by atoms with Gasteiger partial charge >= 0.3 is 0 Å². The molecule has 4 aliphatic rings. The van der Waals surface area contributed by atoms with Crippen molar-refractivity contribution in [2.75, 3.05) is 0 Å². The Hall–Kier alpha value is -0.670. The molecule has 0 heterocycles. The summed E-state index contributed by atoms with van der Waals surface area (Å²) in [6, 6.07) is 0.291. The highest BCUT2D eigenvalue weighted by Crippen LogP contribution is 2.64. The van der Waals surface area contributed by atoms with Gasteiger partial charge in [-0.1, -0.05) is 19.9 Å². The van der Waals surface area contributed by atoms with Crippen LogP contribution in [0.25, 0.3) is 0 Å². The zero-order chi connectivity index (χ0) is 15.7. The Morgan fingerprint density at radius 3 is 2.77 bits per heavy atom. The Balaban J connectivity index is 1.73. The van der Waals surface area contributed by atoms with Crippen LogP contribution >= 0.6 is 0 Å². The molecule has 0 saturated heterocycles. The molecule has 0 bridgehead atoms. The van der Waals surface area contributed by atoms with Crippen molar-refractivity contribution < 1.29 is 9.90 Å². The summed E-state index contributed by atoms with van der Waals surface area (Å²) >= 11 is 0. The minimum Gasteiger partial charge on any atom is -0.393 e. The normalized spacial score (nSPS) is 57.2. The molecule has 3 fully saturated rings. The van der Waals surface area contributed by atoms with Crippen LogP contribution in [0.4, 0.5) is 0 Å². The molecule has 0 amide bonds. The van der Waals surface area contributed by atoms with Gasteiger partial charge < -0.3 is 10.8 Å². The maximum Gasteiger partial charge on any atom is 0.155 e. The molecule has 3 nitrogen and oxygen atoms in total. The van der Waals surface area contributed by atoms with Crippen LogP contribution in [0.1, 0.15) is 52.4 Å². The summed E-state index contributed by atoms with van der Waals surface area (Å²) in [7, 11) is 0. The first-order chi connectivity index (χ1) is 10.4. The van der Waals surface area contributed by atoms with Gasteiger partial charge in [0.15, 0.2) is 5.78 Å². The van der Waals surface area contributed by atoms with Crippen LogP contribution < -0.4 is 5.73 Å². The molecule has 0 aromatic heterocycles. The highest BCUT2D eigenvalue weighted by molar-refractivity contribution is 5.91. The summed E-state index contributed by atoms with van der Waals surface area (Å²) < 4.78 is 0. The van der Waals surface area contributed by atoms with Crippen molar-refractivity contribution in [3.63, 3.8) is 0 Å². The molecular weight excluding hydrogens is 274 g/mol. The van der Waals surface area contributed by atoms with Crippen LogP contribution in [-0.4, -0.2) is 23.0 Å². The van der Waals surface area contributed by atoms with E-state index in [-0.39, 0.29) is 22.7 Å². The number of nitrogens with two attached hydrogens (primary N) is 1. The lowest BCUT2D eigenvalue weighted by Crippen LogP contribution is -2.58. The van der Waals surface area contributed by atoms with Gasteiger partial charge in [-0.2, -0.15) is 0 Å². The molecule has 3 saturated carbocycles. The summed E-state index contributed by atoms with van der Waals surface area (Å²) in [5, 5.41) is 10.9. The van der Waals surface area contributed by atoms with E-state index in [0.29, 0.717) is 36.1 Å². The first-order valence-electron chi connectivity index (χ1n) is 9.02. The number of carbonyl (C=O) groups excluding carboxylic acids is 1. The number of hydrogen-bond donors (Lipinski definition) is 2. The van der Waals surface area contributed by atoms with Crippen LogP contribution in [0.3, 0.4) is 0 Å². The Bertz CT molecular complexity index is 530. The van der Waals surface area contributed by atoms with E-state index in [1.54, 1.807) is 6.08 Å². The van der Waals surface area contributed by atoms with Gasteiger partial charge in [0.25, 0.3) is 0 Å². The standard InChI is InChI=1S/C19H29NO2/c1-18-7-5-12(21)9-11(18)10-15(22)17-13-3-4-16(20)19(13,2)8-6-14(17)18/h5,7,11,13-17,22H,3-4,6,8-10,20H2,1-2H3/t11?,13-,14+,15?,16?,17-,18-,19-/m0/s1. The highest BCUT2D eigenvalue weighted by atomic mass is 16.3. The van der Waals surface area contributed by atoms with Crippen molar-refractivity contribution in [3.05, 3.63) is 12.2 Å². The summed E-state index contributed by atoms with van der Waals surface area (Å²) in [5.74, 6) is 1.98. The molecule has 4 aliphatic carbocycles. The smallest absolute Gasteiger partial charge is 0.155 e. The molecule has 0 aromatic rings. The first kappa shape index (κ1) is 14.9. The van der Waals surface area contributed by atoms with E-state index in [0.717, 1.165) is 19.3 Å². The Morgan fingerprint density at radius 2 is 2.00 bits per heavy atom. The lowest BCUT2D eigenvalue weighted by Gasteiger charge is -2.60. The third kappa shape index (κ3) is 1.78. The third-order valence-electron chi connectivity index (χ3n) is 8.13. The van der Waals surface area contributed by atoms with Gasteiger partial charge in [0.1, 0.15) is 0 Å². The van der Waals surface area contributed by atoms with Crippen LogP contribution in [0.15, 0.2) is 12.2 Å². The fraction of sp³-hybridized carbons (Fsp3) is 0.842. The highest BCUT2D eigenvalue weighted by Gasteiger charge is 2.61. The summed E-state index contributed by atoms with van der Waals surface area (Å²) in [6.07, 6.45) is 9.74. The predicted octanol–water partition coefficient (Wildman–Crippen LogP) is 2.67. The van der Waals surface area contributed by atoms with Gasteiger partial charge in [-0.3, -0.25) is 4.79 Å². The van der Waals surface area contributed by atoms with Crippen LogP contribution in [0.5, 0.6) is 0 Å². The number of rotatable bonds is 0. The number of ketones is 1. The molecular formula is C19H29NO2. The third-order valence-corrected chi connectivity index (χ3v) is 8.13. The van der Waals surface area contributed by atoms with E-state index in [1.807, 2.05) is 0 Å². The van der Waals surface area contributed by atoms with E-state index in [2.05, 4.69) is 19.9 Å². The van der Waals surface area contributed by atoms with E-state index >= 15 is 0 Å². The molecule has 0 aromatic carbocycles. The van der Waals surface area contributed by atoms with E-state index < -0.39 is 0 Å². The van der Waals surface area contributed by atoms with Crippen LogP contribution in [-0.2, 0) is 4.79 Å². The van der Waals surface area contributed by atoms with Crippen molar-refractivity contribution in [2.24, 2.45) is 40.2 Å². The average molecular weight is 303 g/mol. The molecule has 4 rings (SSSR count). The second-order valence-electron chi connectivity index (χ2n) is 8.89. The minimum absolute atomic E-state index is 0.0891. The van der Waals surface area contributed by atoms with Crippen molar-refractivity contribution in [3.8, 4) is 0 Å². The fourth-order valence-corrected chi connectivity index (χ4v) is 6.65. The Labute approximate surface area is 133 Å². The summed E-state index contributed by atoms with van der Waals surface area (Å²) in [5.41, 5.74) is 6.73. The zero-order valence-corrected chi connectivity index (χ0v) is 13.8. The molecule has 0 spiro atoms. The summed E-state index contributed by atoms with van der Waals surface area (Å²) in [6.45, 7) is 4.69. The quantitative estimate of drug-likeness (QED) is 0.723. The summed E-state index contributed by atoms with van der Waals surface area (Å²) in [4.78, 5) is 11.8. The topological polar surface area (TPSA) is 63.3 Å². The molecule has 8 atom stereocenters. The molecule has 3 N–H and O–H groups in total. The van der Waals surface area contributed by atoms with Crippen molar-refractivity contribution in [1.82, 2.24) is 0 Å². The van der Waals surface area contributed by atoms with Crippen molar-refractivity contribution >= 4 is 5.78 Å². The lowest BCUT2D eigenvalue weighted by atomic mass is 9.45. The fourth-order valence-electron chi connectivity index (χ4n) is 6.65. The molecule has 22 heavy (non-hydrogen) atoms. The lowest BCUT2D eigenvalue weighted by molar-refractivity contribution is -0.141. The maximum atomic E-state index is 11.8. The first-order valence-corrected chi connectivity index (χ1v) is 9.02. The number of fused-ring (bicyclic) bond motifs is 5. The van der Waals surface area contributed by atoms with Crippen molar-refractivity contribution in [2.45, 2.75) is 64.5 Å². The number of carbonyl (C=O) groups is 1. The van der Waals surface area contributed by atoms with Crippen LogP contribution in [0.2, 0.25) is 0 Å². The monoisotopic (exact) mass is 303 g/mol. The van der Waals surface area contributed by atoms with Gasteiger partial charge in [-0.05, 0) is 72.7 Å². The van der Waals surface area contributed by atoms with Crippen LogP contribution in [0, 0.1) is 34.5 Å². The van der Waals surface area contributed by atoms with Gasteiger partial charge in [-0.25, -0.2) is 0 Å². The average Bonchev–Trinajstić information content (AvgIpc) is 2.77. The van der Waals surface area contributed by atoms with E-state index in [4.69, 9.17) is 5.73 Å². The second-order valence-corrected chi connectivity index (χ2v) is 8.89. The van der Waals surface area contributed by atoms with Gasteiger partial charge in [0, 0.05) is 12.5 Å². The molecule has 0 radical (unpaired) electrons. The van der Waals surface area contributed by atoms with Gasteiger partial charge in [-0.15, -0.1) is 0 Å². The largest absolute Gasteiger partial charge is 0.393 e. The number of allylic oxidation sites excluding steroid dienone is 2. The van der Waals surface area contributed by atoms with Gasteiger partial charge in [0.05, 0.1) is 6.10 Å². The molecule has 122 valence electrons. The zero-order valence-electron chi connectivity index (χ0n) is 13.8. The SMILES string of the molecule is C[C@]12C=CC(=O)CC1CC(O)[C@@H]1[C@H]2CC[C@]2(C)C(N)CC[C@@H]12. The van der Waals surface area contributed by atoms with Gasteiger partial charge in [0.2, 0.25) is 0 Å². The van der Waals surface area contributed by atoms with Crippen molar-refractivity contribution in [1.29, 1.82) is 0 Å². The minimum atomic E-state index is -0.253. The Morgan fingerprint density at radius 1 is 1.23 bits per heavy atom. The Kier molecular flexibility index (Phi) is 3.16. The predicted molar refractivity (Wildman–Crippen MR) is 86.0 cm³/mol. The molecule has 3 heteroatoms. The number of aliphatic hydroxyl groups is 1. The van der Waals surface area contributed by atoms with E-state index in [9.17, 15) is 9.90 Å². The van der Waals surface area contributed by atoms with E-state index in [1.165, 1.54) is 12.8 Å². The molecule has 0 aliphatic heterocycles. The number of hydrogen-bond acceptors (Lipinski definition) is 3.